The maximum Gasteiger partial charge on any atom is 0.163 e. The highest BCUT2D eigenvalue weighted by Gasteiger charge is 2.18. The highest BCUT2D eigenvalue weighted by molar-refractivity contribution is 5.81. The van der Waals surface area contributed by atoms with E-state index in [2.05, 4.69) is 11.1 Å². The Morgan fingerprint density at radius 3 is 2.65 bits per heavy atom. The number of unbranched alkanes of at least 4 members (excludes halogenated alkanes) is 2. The average molecular weight is 315 g/mol. The molecule has 1 aromatic carbocycles. The third-order valence-electron chi connectivity index (χ3n) is 4.02. The van der Waals surface area contributed by atoms with Crippen LogP contribution in [0.2, 0.25) is 0 Å². The molecule has 0 spiro atoms. The van der Waals surface area contributed by atoms with Crippen LogP contribution in [0.3, 0.4) is 0 Å². The van der Waals surface area contributed by atoms with E-state index in [1.165, 1.54) is 0 Å². The summed E-state index contributed by atoms with van der Waals surface area (Å²) in [5.41, 5.74) is 8.74. The van der Waals surface area contributed by atoms with Crippen LogP contribution in [0.1, 0.15) is 32.0 Å². The van der Waals surface area contributed by atoms with E-state index in [-0.39, 0.29) is 0 Å². The Hall–Kier alpha value is -2.01. The lowest BCUT2D eigenvalue weighted by molar-refractivity contribution is 0.172. The van der Waals surface area contributed by atoms with E-state index in [1.807, 2.05) is 19.1 Å². The predicted octanol–water partition coefficient (Wildman–Crippen LogP) is 3.06. The Balaban J connectivity index is 1.95. The number of hydrogen-bond donors (Lipinski definition) is 1. The van der Waals surface area contributed by atoms with Crippen molar-refractivity contribution in [2.75, 3.05) is 19.8 Å². The number of benzene rings is 1. The molecule has 2 N–H and O–H groups in total. The van der Waals surface area contributed by atoms with Gasteiger partial charge in [-0.2, -0.15) is 0 Å². The number of allylic oxidation sites excluding steroid dienone is 1. The second kappa shape index (κ2) is 7.04. The van der Waals surface area contributed by atoms with Crippen LogP contribution in [0, 0.1) is 0 Å². The number of imidazole rings is 1. The number of nitrogens with zero attached hydrogens (tertiary/aromatic N) is 2. The van der Waals surface area contributed by atoms with Crippen molar-refractivity contribution in [3.63, 3.8) is 0 Å². The van der Waals surface area contributed by atoms with Gasteiger partial charge in [-0.25, -0.2) is 4.98 Å². The smallest absolute Gasteiger partial charge is 0.163 e. The monoisotopic (exact) mass is 315 g/mol. The van der Waals surface area contributed by atoms with Crippen molar-refractivity contribution in [1.82, 2.24) is 9.55 Å². The Morgan fingerprint density at radius 2 is 1.96 bits per heavy atom. The van der Waals surface area contributed by atoms with Gasteiger partial charge in [0.15, 0.2) is 11.5 Å². The van der Waals surface area contributed by atoms with Crippen molar-refractivity contribution in [2.45, 2.75) is 39.2 Å². The first kappa shape index (κ1) is 15.9. The summed E-state index contributed by atoms with van der Waals surface area (Å²) in [6.07, 6.45) is 4.25. The maximum atomic E-state index is 5.71. The van der Waals surface area contributed by atoms with Gasteiger partial charge in [0.2, 0.25) is 0 Å². The number of fused-ring (bicyclic) bond motifs is 2. The first-order valence-electron chi connectivity index (χ1n) is 8.32. The third-order valence-corrected chi connectivity index (χ3v) is 4.02. The van der Waals surface area contributed by atoms with Gasteiger partial charge in [-0.1, -0.05) is 18.6 Å². The van der Waals surface area contributed by atoms with Gasteiger partial charge in [0.05, 0.1) is 11.0 Å². The van der Waals surface area contributed by atoms with Crippen molar-refractivity contribution < 1.29 is 9.47 Å². The van der Waals surface area contributed by atoms with E-state index in [4.69, 9.17) is 20.2 Å². The number of aromatic nitrogens is 2. The third kappa shape index (κ3) is 3.50. The number of nitrogens with two attached hydrogens (primary N) is 1. The molecule has 0 radical (unpaired) electrons. The fourth-order valence-electron chi connectivity index (χ4n) is 2.95. The molecule has 0 aliphatic carbocycles. The van der Waals surface area contributed by atoms with Crippen LogP contribution in [-0.2, 0) is 13.0 Å². The molecule has 5 heteroatoms. The van der Waals surface area contributed by atoms with Gasteiger partial charge in [-0.05, 0) is 26.3 Å². The minimum Gasteiger partial charge on any atom is -0.486 e. The molecular weight excluding hydrogens is 290 g/mol. The number of aryl methyl sites for hydroxylation is 1. The molecule has 0 amide bonds. The average Bonchev–Trinajstić information content (AvgIpc) is 2.86. The zero-order valence-electron chi connectivity index (χ0n) is 13.8. The molecule has 0 saturated heterocycles. The lowest BCUT2D eigenvalue weighted by atomic mass is 10.2. The van der Waals surface area contributed by atoms with Gasteiger partial charge in [0, 0.05) is 25.1 Å². The van der Waals surface area contributed by atoms with E-state index in [1.54, 1.807) is 0 Å². The number of ether oxygens (including phenoxy) is 2. The van der Waals surface area contributed by atoms with Crippen LogP contribution in [0.5, 0.6) is 11.5 Å². The molecule has 0 fully saturated rings. The van der Waals surface area contributed by atoms with Crippen molar-refractivity contribution in [3.05, 3.63) is 30.1 Å². The molecule has 124 valence electrons. The topological polar surface area (TPSA) is 62.3 Å². The lowest BCUT2D eigenvalue weighted by Crippen LogP contribution is -2.15. The summed E-state index contributed by atoms with van der Waals surface area (Å²) < 4.78 is 13.6. The van der Waals surface area contributed by atoms with Gasteiger partial charge in [0.1, 0.15) is 19.0 Å². The van der Waals surface area contributed by atoms with Crippen LogP contribution in [0.25, 0.3) is 11.0 Å². The number of rotatable bonds is 7. The Bertz CT molecular complexity index is 706. The van der Waals surface area contributed by atoms with Gasteiger partial charge < -0.3 is 19.8 Å². The van der Waals surface area contributed by atoms with Crippen LogP contribution < -0.4 is 15.2 Å². The van der Waals surface area contributed by atoms with Crippen LogP contribution >= 0.6 is 0 Å². The van der Waals surface area contributed by atoms with E-state index in [9.17, 15) is 0 Å². The summed E-state index contributed by atoms with van der Waals surface area (Å²) in [5, 5.41) is 0. The molecule has 0 bridgehead atoms. The highest BCUT2D eigenvalue weighted by atomic mass is 16.6. The van der Waals surface area contributed by atoms with Crippen LogP contribution in [0.15, 0.2) is 24.3 Å². The molecule has 5 nitrogen and oxygen atoms in total. The molecule has 0 atom stereocenters. The molecule has 3 rings (SSSR count). The van der Waals surface area contributed by atoms with Crippen molar-refractivity contribution in [1.29, 1.82) is 0 Å². The molecule has 1 aliphatic rings. The molecule has 1 aliphatic heterocycles. The van der Waals surface area contributed by atoms with E-state index >= 15 is 0 Å². The normalized spacial score (nSPS) is 13.5. The molecule has 0 saturated carbocycles. The first-order valence-corrected chi connectivity index (χ1v) is 8.32. The minimum atomic E-state index is 0.594. The Labute approximate surface area is 137 Å². The molecule has 23 heavy (non-hydrogen) atoms. The Kier molecular flexibility index (Phi) is 4.86. The zero-order valence-corrected chi connectivity index (χ0v) is 13.8. The lowest BCUT2D eigenvalue weighted by Gasteiger charge is -2.18. The van der Waals surface area contributed by atoms with Gasteiger partial charge in [-0.15, -0.1) is 0 Å². The molecule has 0 unspecified atom stereocenters. The van der Waals surface area contributed by atoms with Crippen molar-refractivity contribution in [2.24, 2.45) is 5.73 Å². The van der Waals surface area contributed by atoms with Crippen molar-refractivity contribution in [3.8, 4) is 11.5 Å². The van der Waals surface area contributed by atoms with E-state index in [0.717, 1.165) is 72.7 Å². The highest BCUT2D eigenvalue weighted by Crippen LogP contribution is 2.35. The SMILES string of the molecule is C=C(C)Cn1c(CCCCCN)nc2cc3c(cc21)OCCO3. The predicted molar refractivity (Wildman–Crippen MR) is 92.1 cm³/mol. The van der Waals surface area contributed by atoms with Gasteiger partial charge in [0.25, 0.3) is 0 Å². The van der Waals surface area contributed by atoms with Crippen molar-refractivity contribution >= 4 is 11.0 Å². The molecular formula is C18H25N3O2. The summed E-state index contributed by atoms with van der Waals surface area (Å²) in [5.74, 6) is 2.70. The number of hydrogen-bond acceptors (Lipinski definition) is 4. The molecule has 1 aromatic heterocycles. The quantitative estimate of drug-likeness (QED) is 0.630. The molecule has 2 heterocycles. The Morgan fingerprint density at radius 1 is 1.22 bits per heavy atom. The first-order chi connectivity index (χ1) is 11.2. The molecule has 2 aromatic rings. The van der Waals surface area contributed by atoms with Crippen LogP contribution in [0.4, 0.5) is 0 Å². The summed E-state index contributed by atoms with van der Waals surface area (Å²) in [6.45, 7) is 8.82. The fraction of sp³-hybridized carbons (Fsp3) is 0.500. The van der Waals surface area contributed by atoms with Gasteiger partial charge >= 0.3 is 0 Å². The fourth-order valence-corrected chi connectivity index (χ4v) is 2.95. The van der Waals surface area contributed by atoms with Gasteiger partial charge in [-0.3, -0.25) is 0 Å². The zero-order chi connectivity index (χ0) is 16.2. The summed E-state index contributed by atoms with van der Waals surface area (Å²) in [6, 6.07) is 4.03. The maximum absolute atomic E-state index is 5.71. The second-order valence-electron chi connectivity index (χ2n) is 6.16. The summed E-state index contributed by atoms with van der Waals surface area (Å²) in [4.78, 5) is 4.83. The standard InChI is InChI=1S/C18H25N3O2/c1-13(2)12-21-15-11-17-16(22-8-9-23-17)10-14(15)20-18(21)6-4-3-5-7-19/h10-11H,1,3-9,12,19H2,2H3. The van der Waals surface area contributed by atoms with E-state index < -0.39 is 0 Å². The van der Waals surface area contributed by atoms with Crippen LogP contribution in [-0.4, -0.2) is 29.3 Å². The summed E-state index contributed by atoms with van der Waals surface area (Å²) in [7, 11) is 0. The minimum absolute atomic E-state index is 0.594. The largest absolute Gasteiger partial charge is 0.486 e. The summed E-state index contributed by atoms with van der Waals surface area (Å²) >= 11 is 0. The second-order valence-corrected chi connectivity index (χ2v) is 6.16. The van der Waals surface area contributed by atoms with E-state index in [0.29, 0.717) is 13.2 Å².